The van der Waals surface area contributed by atoms with Crippen molar-refractivity contribution >= 4 is 23.5 Å². The Hall–Kier alpha value is -3.29. The van der Waals surface area contributed by atoms with Crippen molar-refractivity contribution in [2.24, 2.45) is 0 Å². The third kappa shape index (κ3) is 4.87. The first-order valence-corrected chi connectivity index (χ1v) is 7.37. The van der Waals surface area contributed by atoms with E-state index in [1.807, 2.05) is 13.8 Å². The zero-order valence-electron chi connectivity index (χ0n) is 13.3. The number of carbonyl (C=O) groups excluding carboxylic acids is 3. The number of aromatic nitrogens is 1. The average Bonchev–Trinajstić information content (AvgIpc) is 3.06. The number of hydrazine groups is 1. The van der Waals surface area contributed by atoms with Gasteiger partial charge >= 0.3 is 6.03 Å². The molecular weight excluding hydrogens is 310 g/mol. The SMILES string of the molecule is CC(C)NC(=O)Nc1cccc(C(=O)NNC(=O)c2ccc[nH]2)c1. The van der Waals surface area contributed by atoms with Crippen molar-refractivity contribution in [3.05, 3.63) is 53.9 Å². The molecule has 0 saturated heterocycles. The number of hydrogen-bond acceptors (Lipinski definition) is 3. The Balaban J connectivity index is 1.93. The summed E-state index contributed by atoms with van der Waals surface area (Å²) in [5.74, 6) is -0.957. The van der Waals surface area contributed by atoms with Crippen LogP contribution in [0.2, 0.25) is 0 Å². The summed E-state index contributed by atoms with van der Waals surface area (Å²) >= 11 is 0. The van der Waals surface area contributed by atoms with E-state index in [-0.39, 0.29) is 12.1 Å². The van der Waals surface area contributed by atoms with Crippen LogP contribution in [-0.4, -0.2) is 28.9 Å². The molecule has 0 aliphatic rings. The molecule has 1 heterocycles. The van der Waals surface area contributed by atoms with Gasteiger partial charge in [0.05, 0.1) is 0 Å². The molecule has 0 atom stereocenters. The highest BCUT2D eigenvalue weighted by Gasteiger charge is 2.11. The van der Waals surface area contributed by atoms with Gasteiger partial charge in [-0.3, -0.25) is 20.4 Å². The first-order chi connectivity index (χ1) is 11.5. The van der Waals surface area contributed by atoms with E-state index in [0.29, 0.717) is 16.9 Å². The molecule has 0 spiro atoms. The topological polar surface area (TPSA) is 115 Å². The Labute approximate surface area is 139 Å². The van der Waals surface area contributed by atoms with E-state index in [9.17, 15) is 14.4 Å². The molecule has 2 aromatic rings. The maximum atomic E-state index is 12.1. The molecule has 0 bridgehead atoms. The summed E-state index contributed by atoms with van der Waals surface area (Å²) in [6.07, 6.45) is 1.61. The molecule has 1 aromatic carbocycles. The van der Waals surface area contributed by atoms with Crippen LogP contribution in [0.5, 0.6) is 0 Å². The number of nitrogens with one attached hydrogen (secondary N) is 5. The molecule has 0 aliphatic carbocycles. The summed E-state index contributed by atoms with van der Waals surface area (Å²) in [5, 5.41) is 5.32. The number of hydrogen-bond donors (Lipinski definition) is 5. The summed E-state index contributed by atoms with van der Waals surface area (Å²) in [6, 6.07) is 9.27. The lowest BCUT2D eigenvalue weighted by Gasteiger charge is -2.11. The molecular formula is C16H19N5O3. The normalized spacial score (nSPS) is 10.1. The van der Waals surface area contributed by atoms with E-state index in [2.05, 4.69) is 26.5 Å². The van der Waals surface area contributed by atoms with Crippen molar-refractivity contribution < 1.29 is 14.4 Å². The number of urea groups is 1. The van der Waals surface area contributed by atoms with E-state index < -0.39 is 11.8 Å². The fourth-order valence-corrected chi connectivity index (χ4v) is 1.89. The molecule has 126 valence electrons. The summed E-state index contributed by atoms with van der Waals surface area (Å²) in [5.41, 5.74) is 5.71. The minimum atomic E-state index is -0.497. The highest BCUT2D eigenvalue weighted by molar-refractivity contribution is 5.99. The van der Waals surface area contributed by atoms with Crippen LogP contribution in [0.15, 0.2) is 42.6 Å². The largest absolute Gasteiger partial charge is 0.357 e. The molecule has 8 heteroatoms. The lowest BCUT2D eigenvalue weighted by atomic mass is 10.2. The lowest BCUT2D eigenvalue weighted by Crippen LogP contribution is -2.41. The van der Waals surface area contributed by atoms with Crippen LogP contribution in [0, 0.1) is 0 Å². The van der Waals surface area contributed by atoms with Gasteiger partial charge in [-0.2, -0.15) is 0 Å². The van der Waals surface area contributed by atoms with Gasteiger partial charge < -0.3 is 15.6 Å². The van der Waals surface area contributed by atoms with Crippen LogP contribution in [0.1, 0.15) is 34.7 Å². The number of rotatable bonds is 4. The Morgan fingerprint density at radius 2 is 1.75 bits per heavy atom. The fourth-order valence-electron chi connectivity index (χ4n) is 1.89. The second-order valence-corrected chi connectivity index (χ2v) is 5.33. The predicted octanol–water partition coefficient (Wildman–Crippen LogP) is 1.62. The molecule has 0 fully saturated rings. The van der Waals surface area contributed by atoms with E-state index in [4.69, 9.17) is 0 Å². The van der Waals surface area contributed by atoms with Gasteiger partial charge in [-0.05, 0) is 44.2 Å². The Morgan fingerprint density at radius 3 is 2.42 bits per heavy atom. The lowest BCUT2D eigenvalue weighted by molar-refractivity contribution is 0.0844. The van der Waals surface area contributed by atoms with Crippen molar-refractivity contribution in [1.29, 1.82) is 0 Å². The molecule has 24 heavy (non-hydrogen) atoms. The maximum absolute atomic E-state index is 12.1. The predicted molar refractivity (Wildman–Crippen MR) is 89.5 cm³/mol. The summed E-state index contributed by atoms with van der Waals surface area (Å²) in [4.78, 5) is 38.2. The smallest absolute Gasteiger partial charge is 0.319 e. The molecule has 2 rings (SSSR count). The molecule has 8 nitrogen and oxygen atoms in total. The van der Waals surface area contributed by atoms with Crippen LogP contribution in [0.4, 0.5) is 10.5 Å². The molecule has 0 unspecified atom stereocenters. The molecule has 0 aliphatic heterocycles. The molecule has 0 saturated carbocycles. The summed E-state index contributed by atoms with van der Waals surface area (Å²) < 4.78 is 0. The van der Waals surface area contributed by atoms with Crippen molar-refractivity contribution in [2.45, 2.75) is 19.9 Å². The van der Waals surface area contributed by atoms with Crippen LogP contribution in [0.25, 0.3) is 0 Å². The van der Waals surface area contributed by atoms with Crippen LogP contribution in [0.3, 0.4) is 0 Å². The van der Waals surface area contributed by atoms with Crippen molar-refractivity contribution in [2.75, 3.05) is 5.32 Å². The zero-order valence-corrected chi connectivity index (χ0v) is 13.3. The van der Waals surface area contributed by atoms with E-state index in [1.165, 1.54) is 6.07 Å². The number of anilines is 1. The minimum Gasteiger partial charge on any atom is -0.357 e. The molecule has 4 amide bonds. The van der Waals surface area contributed by atoms with Gasteiger partial charge in [0.2, 0.25) is 0 Å². The Bertz CT molecular complexity index is 725. The van der Waals surface area contributed by atoms with Gasteiger partial charge in [0, 0.05) is 23.5 Å². The number of benzene rings is 1. The van der Waals surface area contributed by atoms with E-state index >= 15 is 0 Å². The molecule has 1 aromatic heterocycles. The number of carbonyl (C=O) groups is 3. The number of aromatic amines is 1. The molecule has 0 radical (unpaired) electrons. The van der Waals surface area contributed by atoms with Crippen molar-refractivity contribution in [1.82, 2.24) is 21.2 Å². The van der Waals surface area contributed by atoms with Crippen LogP contribution < -0.4 is 21.5 Å². The second kappa shape index (κ2) is 7.82. The summed E-state index contributed by atoms with van der Waals surface area (Å²) in [6.45, 7) is 3.69. The number of amides is 4. The zero-order chi connectivity index (χ0) is 17.5. The standard InChI is InChI=1S/C16H19N5O3/c1-10(2)18-16(24)19-12-6-3-5-11(9-12)14(22)20-21-15(23)13-7-4-8-17-13/h3-10,17H,1-2H3,(H,20,22)(H,21,23)(H2,18,19,24). The van der Waals surface area contributed by atoms with Gasteiger partial charge in [0.1, 0.15) is 5.69 Å². The third-order valence-corrected chi connectivity index (χ3v) is 2.93. The second-order valence-electron chi connectivity index (χ2n) is 5.33. The highest BCUT2D eigenvalue weighted by atomic mass is 16.2. The first kappa shape index (κ1) is 17.1. The maximum Gasteiger partial charge on any atom is 0.319 e. The van der Waals surface area contributed by atoms with E-state index in [0.717, 1.165) is 0 Å². The Morgan fingerprint density at radius 1 is 1.00 bits per heavy atom. The van der Waals surface area contributed by atoms with Gasteiger partial charge in [0.25, 0.3) is 11.8 Å². The fraction of sp³-hybridized carbons (Fsp3) is 0.188. The average molecular weight is 329 g/mol. The van der Waals surface area contributed by atoms with Crippen molar-refractivity contribution in [3.63, 3.8) is 0 Å². The van der Waals surface area contributed by atoms with Crippen molar-refractivity contribution in [3.8, 4) is 0 Å². The quantitative estimate of drug-likeness (QED) is 0.549. The van der Waals surface area contributed by atoms with Gasteiger partial charge in [-0.25, -0.2) is 4.79 Å². The van der Waals surface area contributed by atoms with Crippen LogP contribution >= 0.6 is 0 Å². The monoisotopic (exact) mass is 329 g/mol. The third-order valence-electron chi connectivity index (χ3n) is 2.93. The van der Waals surface area contributed by atoms with Gasteiger partial charge in [0.15, 0.2) is 0 Å². The van der Waals surface area contributed by atoms with Gasteiger partial charge in [-0.1, -0.05) is 6.07 Å². The summed E-state index contributed by atoms with van der Waals surface area (Å²) in [7, 11) is 0. The minimum absolute atomic E-state index is 0.000292. The first-order valence-electron chi connectivity index (χ1n) is 7.37. The highest BCUT2D eigenvalue weighted by Crippen LogP contribution is 2.10. The van der Waals surface area contributed by atoms with Gasteiger partial charge in [-0.15, -0.1) is 0 Å². The van der Waals surface area contributed by atoms with E-state index in [1.54, 1.807) is 36.5 Å². The number of H-pyrrole nitrogens is 1. The van der Waals surface area contributed by atoms with Crippen LogP contribution in [-0.2, 0) is 0 Å². The molecule has 5 N–H and O–H groups in total. The Kier molecular flexibility index (Phi) is 5.56.